The highest BCUT2D eigenvalue weighted by Gasteiger charge is 2.38. The molecule has 136 valence electrons. The van der Waals surface area contributed by atoms with Crippen LogP contribution >= 0.6 is 10.7 Å². The molecular formula is C13H16ClF3N2O4S. The Morgan fingerprint density at radius 2 is 2.00 bits per heavy atom. The topological polar surface area (TPSA) is 75.7 Å². The van der Waals surface area contributed by atoms with Crippen LogP contribution in [-0.2, 0) is 13.8 Å². The number of halogens is 4. The highest BCUT2D eigenvalue weighted by atomic mass is 35.7. The maximum atomic E-state index is 12.2. The van der Waals surface area contributed by atoms with Crippen molar-refractivity contribution in [2.24, 2.45) is 0 Å². The number of alkyl halides is 3. The van der Waals surface area contributed by atoms with Gasteiger partial charge in [-0.05, 0) is 25.1 Å². The van der Waals surface area contributed by atoms with E-state index in [2.05, 4.69) is 0 Å². The first-order valence-corrected chi connectivity index (χ1v) is 9.04. The molecule has 0 aliphatic heterocycles. The summed E-state index contributed by atoms with van der Waals surface area (Å²) in [5.74, 6) is -1.72. The number of carbonyl (C=O) groups excluding carboxylic acids is 1. The number of carbonyl (C=O) groups is 1. The molecule has 6 nitrogen and oxygen atoms in total. The Bertz CT molecular complexity index is 695. The van der Waals surface area contributed by atoms with Gasteiger partial charge in [-0.1, -0.05) is 0 Å². The van der Waals surface area contributed by atoms with Gasteiger partial charge in [0.1, 0.15) is 5.75 Å². The second-order valence-electron chi connectivity index (χ2n) is 4.60. The maximum Gasteiger partial charge on any atom is 0.471 e. The minimum atomic E-state index is -4.96. The van der Waals surface area contributed by atoms with Crippen molar-refractivity contribution in [1.82, 2.24) is 5.32 Å². The molecule has 0 bridgehead atoms. The summed E-state index contributed by atoms with van der Waals surface area (Å²) in [5, 5.41) is 1.75. The first-order valence-electron chi connectivity index (χ1n) is 6.73. The summed E-state index contributed by atoms with van der Waals surface area (Å²) in [5.41, 5.74) is 0.336. The third kappa shape index (κ3) is 5.45. The van der Waals surface area contributed by atoms with Gasteiger partial charge in [-0.25, -0.2) is 8.42 Å². The van der Waals surface area contributed by atoms with Gasteiger partial charge in [0.15, 0.2) is 0 Å². The number of methoxy groups -OCH3 is 1. The number of hydrogen-bond donors (Lipinski definition) is 1. The van der Waals surface area contributed by atoms with Crippen molar-refractivity contribution in [2.45, 2.75) is 18.0 Å². The number of ether oxygens (including phenoxy) is 1. The van der Waals surface area contributed by atoms with Crippen molar-refractivity contribution in [3.63, 3.8) is 0 Å². The summed E-state index contributed by atoms with van der Waals surface area (Å²) < 4.78 is 64.5. The Morgan fingerprint density at radius 1 is 1.38 bits per heavy atom. The molecule has 11 heteroatoms. The minimum Gasteiger partial charge on any atom is -0.495 e. The first kappa shape index (κ1) is 20.4. The molecule has 0 aliphatic rings. The second-order valence-corrected chi connectivity index (χ2v) is 7.17. The molecule has 0 spiro atoms. The number of hydrogen-bond acceptors (Lipinski definition) is 5. The van der Waals surface area contributed by atoms with Crippen LogP contribution in [0.25, 0.3) is 0 Å². The molecular weight excluding hydrogens is 373 g/mol. The van der Waals surface area contributed by atoms with Crippen molar-refractivity contribution >= 4 is 31.3 Å². The Kier molecular flexibility index (Phi) is 6.73. The van der Waals surface area contributed by atoms with Crippen LogP contribution in [-0.4, -0.2) is 47.2 Å². The van der Waals surface area contributed by atoms with E-state index in [1.165, 1.54) is 25.3 Å². The van der Waals surface area contributed by atoms with Crippen LogP contribution in [0.4, 0.5) is 18.9 Å². The van der Waals surface area contributed by atoms with Crippen molar-refractivity contribution < 1.29 is 31.1 Å². The molecule has 1 amide bonds. The molecule has 0 fully saturated rings. The van der Waals surface area contributed by atoms with E-state index in [1.54, 1.807) is 17.1 Å². The van der Waals surface area contributed by atoms with Gasteiger partial charge in [-0.15, -0.1) is 0 Å². The lowest BCUT2D eigenvalue weighted by atomic mass is 10.2. The highest BCUT2D eigenvalue weighted by Crippen LogP contribution is 2.31. The van der Waals surface area contributed by atoms with E-state index in [4.69, 9.17) is 15.4 Å². The number of amides is 1. The molecule has 1 rings (SSSR count). The smallest absolute Gasteiger partial charge is 0.471 e. The van der Waals surface area contributed by atoms with E-state index in [1.807, 2.05) is 0 Å². The molecule has 0 unspecified atom stereocenters. The molecule has 0 heterocycles. The van der Waals surface area contributed by atoms with Crippen LogP contribution in [0.2, 0.25) is 0 Å². The molecule has 0 saturated carbocycles. The Morgan fingerprint density at radius 3 is 2.46 bits per heavy atom. The second kappa shape index (κ2) is 7.93. The van der Waals surface area contributed by atoms with Gasteiger partial charge in [0.05, 0.1) is 17.7 Å². The lowest BCUT2D eigenvalue weighted by Gasteiger charge is -2.25. The van der Waals surface area contributed by atoms with Crippen molar-refractivity contribution in [2.75, 3.05) is 31.6 Å². The Balaban J connectivity index is 2.97. The van der Waals surface area contributed by atoms with E-state index >= 15 is 0 Å². The van der Waals surface area contributed by atoms with Gasteiger partial charge in [0, 0.05) is 30.3 Å². The standard InChI is InChI=1S/C13H16ClF3N2O4S/c1-3-19(7-6-18-12(20)13(15,16)17)10-8-9(24(14,21)22)4-5-11(10)23-2/h4-5,8H,3,6-7H2,1-2H3,(H,18,20). The van der Waals surface area contributed by atoms with E-state index in [-0.39, 0.29) is 18.0 Å². The molecule has 0 aromatic heterocycles. The quantitative estimate of drug-likeness (QED) is 0.724. The average molecular weight is 389 g/mol. The number of benzene rings is 1. The van der Waals surface area contributed by atoms with E-state index in [0.717, 1.165) is 0 Å². The van der Waals surface area contributed by atoms with Crippen LogP contribution in [0, 0.1) is 0 Å². The predicted molar refractivity (Wildman–Crippen MR) is 83.0 cm³/mol. The summed E-state index contributed by atoms with van der Waals surface area (Å²) in [6, 6.07) is 3.90. The first-order chi connectivity index (χ1) is 11.0. The van der Waals surface area contributed by atoms with Gasteiger partial charge in [-0.3, -0.25) is 4.79 Å². The van der Waals surface area contributed by atoms with Gasteiger partial charge in [-0.2, -0.15) is 13.2 Å². The van der Waals surface area contributed by atoms with Crippen LogP contribution in [0.3, 0.4) is 0 Å². The fourth-order valence-corrected chi connectivity index (χ4v) is 2.69. The fourth-order valence-electron chi connectivity index (χ4n) is 1.92. The zero-order valence-electron chi connectivity index (χ0n) is 12.9. The fraction of sp³-hybridized carbons (Fsp3) is 0.462. The van der Waals surface area contributed by atoms with E-state index in [9.17, 15) is 26.4 Å². The number of likely N-dealkylation sites (N-methyl/N-ethyl adjacent to an activating group) is 1. The predicted octanol–water partition coefficient (Wildman–Crippen LogP) is 2.13. The zero-order chi connectivity index (χ0) is 18.5. The summed E-state index contributed by atoms with van der Waals surface area (Å²) in [6.07, 6.45) is -4.96. The van der Waals surface area contributed by atoms with E-state index in [0.29, 0.717) is 18.0 Å². The molecule has 0 atom stereocenters. The summed E-state index contributed by atoms with van der Waals surface area (Å²) in [4.78, 5) is 12.2. The lowest BCUT2D eigenvalue weighted by Crippen LogP contribution is -2.41. The van der Waals surface area contributed by atoms with Gasteiger partial charge < -0.3 is 15.0 Å². The molecule has 0 saturated heterocycles. The van der Waals surface area contributed by atoms with Gasteiger partial charge >= 0.3 is 12.1 Å². The molecule has 1 N–H and O–H groups in total. The zero-order valence-corrected chi connectivity index (χ0v) is 14.4. The Hall–Kier alpha value is -1.68. The summed E-state index contributed by atoms with van der Waals surface area (Å²) >= 11 is 0. The minimum absolute atomic E-state index is 0.0144. The number of nitrogens with one attached hydrogen (secondary N) is 1. The third-order valence-electron chi connectivity index (χ3n) is 3.08. The normalized spacial score (nSPS) is 11.9. The van der Waals surface area contributed by atoms with Crippen LogP contribution in [0.1, 0.15) is 6.92 Å². The van der Waals surface area contributed by atoms with Crippen LogP contribution in [0.15, 0.2) is 23.1 Å². The molecule has 1 aromatic carbocycles. The largest absolute Gasteiger partial charge is 0.495 e. The molecule has 0 aliphatic carbocycles. The number of nitrogens with zero attached hydrogens (tertiary/aromatic N) is 1. The van der Waals surface area contributed by atoms with E-state index < -0.39 is 21.1 Å². The maximum absolute atomic E-state index is 12.2. The van der Waals surface area contributed by atoms with Crippen molar-refractivity contribution in [3.05, 3.63) is 18.2 Å². The molecule has 24 heavy (non-hydrogen) atoms. The average Bonchev–Trinajstić information content (AvgIpc) is 2.49. The lowest BCUT2D eigenvalue weighted by molar-refractivity contribution is -0.173. The SMILES string of the molecule is CCN(CCNC(=O)C(F)(F)F)c1cc(S(=O)(=O)Cl)ccc1OC. The summed E-state index contributed by atoms with van der Waals surface area (Å²) in [6.45, 7) is 1.78. The highest BCUT2D eigenvalue weighted by molar-refractivity contribution is 8.13. The Labute approximate surface area is 141 Å². The van der Waals surface area contributed by atoms with Crippen LogP contribution < -0.4 is 15.0 Å². The molecule has 0 radical (unpaired) electrons. The number of rotatable bonds is 7. The monoisotopic (exact) mass is 388 g/mol. The van der Waals surface area contributed by atoms with Crippen molar-refractivity contribution in [1.29, 1.82) is 0 Å². The summed E-state index contributed by atoms with van der Waals surface area (Å²) in [7, 11) is 2.70. The van der Waals surface area contributed by atoms with Crippen LogP contribution in [0.5, 0.6) is 5.75 Å². The number of anilines is 1. The molecule has 1 aromatic rings. The van der Waals surface area contributed by atoms with Crippen molar-refractivity contribution in [3.8, 4) is 5.75 Å². The van der Waals surface area contributed by atoms with Gasteiger partial charge in [0.25, 0.3) is 9.05 Å². The third-order valence-corrected chi connectivity index (χ3v) is 4.43. The van der Waals surface area contributed by atoms with Gasteiger partial charge in [0.2, 0.25) is 0 Å².